The number of rotatable bonds is 9. The predicted molar refractivity (Wildman–Crippen MR) is 103 cm³/mol. The van der Waals surface area contributed by atoms with E-state index in [1.807, 2.05) is 42.5 Å². The Hall–Kier alpha value is -2.37. The molecule has 0 bridgehead atoms. The molecule has 2 aromatic carbocycles. The van der Waals surface area contributed by atoms with E-state index in [0.29, 0.717) is 6.61 Å². The lowest BCUT2D eigenvalue weighted by Crippen LogP contribution is -2.33. The molecule has 0 aromatic heterocycles. The summed E-state index contributed by atoms with van der Waals surface area (Å²) in [6.07, 6.45) is 3.26. The van der Waals surface area contributed by atoms with Crippen LogP contribution in [-0.2, 0) is 16.0 Å². The first-order valence-electron chi connectivity index (χ1n) is 9.18. The van der Waals surface area contributed by atoms with E-state index in [1.165, 1.54) is 5.56 Å². The highest BCUT2D eigenvalue weighted by molar-refractivity contribution is 5.92. The van der Waals surface area contributed by atoms with Gasteiger partial charge in [0.1, 0.15) is 5.75 Å². The van der Waals surface area contributed by atoms with Gasteiger partial charge in [-0.1, -0.05) is 36.4 Å². The fraction of sp³-hybridized carbons (Fsp3) is 0.381. The number of benzene rings is 2. The molecule has 1 aliphatic heterocycles. The van der Waals surface area contributed by atoms with Crippen LogP contribution < -0.4 is 15.4 Å². The Morgan fingerprint density at radius 3 is 2.85 bits per heavy atom. The van der Waals surface area contributed by atoms with Crippen molar-refractivity contribution in [2.75, 3.05) is 31.6 Å². The molecule has 5 heteroatoms. The SMILES string of the molecule is O=C(CNCC1CCCO1)Nc1cccc(OCCc2ccccc2)c1. The van der Waals surface area contributed by atoms with Gasteiger partial charge in [-0.3, -0.25) is 4.79 Å². The van der Waals surface area contributed by atoms with Crippen molar-refractivity contribution < 1.29 is 14.3 Å². The average Bonchev–Trinajstić information content (AvgIpc) is 3.16. The minimum Gasteiger partial charge on any atom is -0.493 e. The van der Waals surface area contributed by atoms with E-state index in [2.05, 4.69) is 22.8 Å². The Labute approximate surface area is 154 Å². The van der Waals surface area contributed by atoms with Crippen LogP contribution in [0.15, 0.2) is 54.6 Å². The van der Waals surface area contributed by atoms with E-state index in [9.17, 15) is 4.79 Å². The van der Waals surface area contributed by atoms with E-state index in [1.54, 1.807) is 0 Å². The fourth-order valence-electron chi connectivity index (χ4n) is 2.95. The van der Waals surface area contributed by atoms with Gasteiger partial charge >= 0.3 is 0 Å². The number of nitrogens with one attached hydrogen (secondary N) is 2. The molecule has 1 fully saturated rings. The van der Waals surface area contributed by atoms with Crippen LogP contribution in [0.5, 0.6) is 5.75 Å². The molecular formula is C21H26N2O3. The van der Waals surface area contributed by atoms with Crippen molar-refractivity contribution >= 4 is 11.6 Å². The van der Waals surface area contributed by atoms with Crippen molar-refractivity contribution in [1.29, 1.82) is 0 Å². The molecule has 2 N–H and O–H groups in total. The highest BCUT2D eigenvalue weighted by atomic mass is 16.5. The van der Waals surface area contributed by atoms with Crippen LogP contribution in [0.25, 0.3) is 0 Å². The Balaban J connectivity index is 1.39. The number of hydrogen-bond donors (Lipinski definition) is 2. The van der Waals surface area contributed by atoms with Gasteiger partial charge in [0.05, 0.1) is 19.3 Å². The van der Waals surface area contributed by atoms with Gasteiger partial charge in [0.15, 0.2) is 0 Å². The van der Waals surface area contributed by atoms with Gasteiger partial charge in [0.25, 0.3) is 0 Å². The summed E-state index contributed by atoms with van der Waals surface area (Å²) < 4.78 is 11.3. The quantitative estimate of drug-likeness (QED) is 0.727. The second-order valence-corrected chi connectivity index (χ2v) is 6.43. The van der Waals surface area contributed by atoms with E-state index < -0.39 is 0 Å². The van der Waals surface area contributed by atoms with Crippen molar-refractivity contribution in [2.24, 2.45) is 0 Å². The van der Waals surface area contributed by atoms with Gasteiger partial charge < -0.3 is 20.1 Å². The number of amides is 1. The molecular weight excluding hydrogens is 328 g/mol. The Kier molecular flexibility index (Phi) is 7.05. The van der Waals surface area contributed by atoms with Crippen LogP contribution in [-0.4, -0.2) is 38.3 Å². The van der Waals surface area contributed by atoms with Crippen molar-refractivity contribution in [3.63, 3.8) is 0 Å². The molecule has 1 heterocycles. The molecule has 1 saturated heterocycles. The minimum atomic E-state index is -0.0653. The van der Waals surface area contributed by atoms with Crippen LogP contribution >= 0.6 is 0 Å². The maximum atomic E-state index is 12.0. The normalized spacial score (nSPS) is 16.4. The zero-order valence-corrected chi connectivity index (χ0v) is 14.9. The van der Waals surface area contributed by atoms with Gasteiger partial charge in [0, 0.05) is 31.3 Å². The number of hydrogen-bond acceptors (Lipinski definition) is 4. The summed E-state index contributed by atoms with van der Waals surface area (Å²) >= 11 is 0. The van der Waals surface area contributed by atoms with Gasteiger partial charge in [-0.25, -0.2) is 0 Å². The molecule has 1 atom stereocenters. The fourth-order valence-corrected chi connectivity index (χ4v) is 2.95. The molecule has 0 saturated carbocycles. The summed E-state index contributed by atoms with van der Waals surface area (Å²) in [5.74, 6) is 0.690. The highest BCUT2D eigenvalue weighted by Crippen LogP contribution is 2.17. The van der Waals surface area contributed by atoms with E-state index >= 15 is 0 Å². The molecule has 0 aliphatic carbocycles. The zero-order chi connectivity index (χ0) is 18.0. The van der Waals surface area contributed by atoms with E-state index in [-0.39, 0.29) is 18.6 Å². The van der Waals surface area contributed by atoms with Crippen LogP contribution in [0.4, 0.5) is 5.69 Å². The summed E-state index contributed by atoms with van der Waals surface area (Å²) in [6.45, 7) is 2.43. The third-order valence-electron chi connectivity index (χ3n) is 4.30. The van der Waals surface area contributed by atoms with Crippen molar-refractivity contribution in [3.8, 4) is 5.75 Å². The zero-order valence-electron chi connectivity index (χ0n) is 14.9. The monoisotopic (exact) mass is 354 g/mol. The van der Waals surface area contributed by atoms with Crippen LogP contribution in [0.3, 0.4) is 0 Å². The maximum Gasteiger partial charge on any atom is 0.238 e. The lowest BCUT2D eigenvalue weighted by molar-refractivity contribution is -0.115. The summed E-state index contributed by atoms with van der Waals surface area (Å²) in [4.78, 5) is 12.0. The third kappa shape index (κ3) is 6.17. The van der Waals surface area contributed by atoms with Crippen LogP contribution in [0.1, 0.15) is 18.4 Å². The molecule has 26 heavy (non-hydrogen) atoms. The van der Waals surface area contributed by atoms with Crippen molar-refractivity contribution in [2.45, 2.75) is 25.4 Å². The second-order valence-electron chi connectivity index (χ2n) is 6.43. The first kappa shape index (κ1) is 18.4. The summed E-state index contributed by atoms with van der Waals surface area (Å²) in [6, 6.07) is 17.7. The molecule has 3 rings (SSSR count). The van der Waals surface area contributed by atoms with Crippen LogP contribution in [0.2, 0.25) is 0 Å². The topological polar surface area (TPSA) is 59.6 Å². The predicted octanol–water partition coefficient (Wildman–Crippen LogP) is 3.02. The molecule has 1 aliphatic rings. The Bertz CT molecular complexity index is 685. The maximum absolute atomic E-state index is 12.0. The molecule has 0 radical (unpaired) electrons. The summed E-state index contributed by atoms with van der Waals surface area (Å²) in [7, 11) is 0. The first-order valence-corrected chi connectivity index (χ1v) is 9.18. The third-order valence-corrected chi connectivity index (χ3v) is 4.30. The summed E-state index contributed by atoms with van der Waals surface area (Å²) in [5.41, 5.74) is 1.99. The molecule has 0 spiro atoms. The minimum absolute atomic E-state index is 0.0653. The second kappa shape index (κ2) is 9.94. The van der Waals surface area contributed by atoms with E-state index in [0.717, 1.165) is 43.9 Å². The number of carbonyl (C=O) groups excluding carboxylic acids is 1. The molecule has 138 valence electrons. The smallest absolute Gasteiger partial charge is 0.238 e. The molecule has 5 nitrogen and oxygen atoms in total. The van der Waals surface area contributed by atoms with Gasteiger partial charge in [0.2, 0.25) is 5.91 Å². The highest BCUT2D eigenvalue weighted by Gasteiger charge is 2.15. The largest absolute Gasteiger partial charge is 0.493 e. The average molecular weight is 354 g/mol. The number of ether oxygens (including phenoxy) is 2. The Morgan fingerprint density at radius 1 is 1.15 bits per heavy atom. The molecule has 1 amide bonds. The van der Waals surface area contributed by atoms with Gasteiger partial charge in [-0.2, -0.15) is 0 Å². The van der Waals surface area contributed by atoms with Gasteiger partial charge in [-0.05, 0) is 30.5 Å². The standard InChI is InChI=1S/C21H26N2O3/c24-21(16-22-15-20-10-5-12-25-20)23-18-8-4-9-19(14-18)26-13-11-17-6-2-1-3-7-17/h1-4,6-9,14,20,22H,5,10-13,15-16H2,(H,23,24). The first-order chi connectivity index (χ1) is 12.8. The lowest BCUT2D eigenvalue weighted by atomic mass is 10.2. The van der Waals surface area contributed by atoms with Crippen molar-refractivity contribution in [1.82, 2.24) is 5.32 Å². The Morgan fingerprint density at radius 2 is 2.04 bits per heavy atom. The lowest BCUT2D eigenvalue weighted by Gasteiger charge is -2.12. The number of anilines is 1. The summed E-state index contributed by atoms with van der Waals surface area (Å²) in [5, 5.41) is 6.04. The van der Waals surface area contributed by atoms with Crippen molar-refractivity contribution in [3.05, 3.63) is 60.2 Å². The van der Waals surface area contributed by atoms with Crippen LogP contribution in [0, 0.1) is 0 Å². The van der Waals surface area contributed by atoms with Gasteiger partial charge in [-0.15, -0.1) is 0 Å². The molecule has 1 unspecified atom stereocenters. The van der Waals surface area contributed by atoms with E-state index in [4.69, 9.17) is 9.47 Å². The molecule has 2 aromatic rings. The number of carbonyl (C=O) groups is 1.